The minimum absolute atomic E-state index is 0.448. The van der Waals surface area contributed by atoms with Crippen molar-refractivity contribution in [1.82, 2.24) is 13.9 Å². The molecule has 0 aliphatic carbocycles. The maximum Gasteiger partial charge on any atom is 0.279 e. The van der Waals surface area contributed by atoms with Crippen LogP contribution in [0.4, 0.5) is 0 Å². The highest BCUT2D eigenvalue weighted by Crippen LogP contribution is 2.22. The standard InChI is InChI=1S/C21H35N3O3S/c1-27-18-20-11-15-24(16-12-20)28(25,26)22-13-10-21-9-5-6-14-23(21)17-19-7-3-2-4-8-19/h2-4,7-8,20-22H,5-6,9-18H2,1H3. The van der Waals surface area contributed by atoms with E-state index in [1.165, 1.54) is 18.4 Å². The van der Waals surface area contributed by atoms with Gasteiger partial charge in [-0.15, -0.1) is 0 Å². The molecular weight excluding hydrogens is 374 g/mol. The lowest BCUT2D eigenvalue weighted by molar-refractivity contribution is 0.120. The molecule has 1 unspecified atom stereocenters. The second-order valence-electron chi connectivity index (χ2n) is 8.09. The van der Waals surface area contributed by atoms with Gasteiger partial charge < -0.3 is 4.74 Å². The highest BCUT2D eigenvalue weighted by Gasteiger charge is 2.28. The Morgan fingerprint density at radius 1 is 1.07 bits per heavy atom. The number of hydrogen-bond acceptors (Lipinski definition) is 4. The van der Waals surface area contributed by atoms with Crippen molar-refractivity contribution in [2.24, 2.45) is 5.92 Å². The van der Waals surface area contributed by atoms with Crippen LogP contribution in [0.5, 0.6) is 0 Å². The number of hydrogen-bond donors (Lipinski definition) is 1. The average Bonchev–Trinajstić information content (AvgIpc) is 2.71. The third-order valence-corrected chi connectivity index (χ3v) is 7.67. The van der Waals surface area contributed by atoms with Crippen molar-refractivity contribution in [1.29, 1.82) is 0 Å². The molecule has 0 saturated carbocycles. The lowest BCUT2D eigenvalue weighted by atomic mass is 9.98. The number of nitrogens with one attached hydrogen (secondary N) is 1. The Bertz CT molecular complexity index is 675. The van der Waals surface area contributed by atoms with E-state index in [-0.39, 0.29) is 0 Å². The molecular formula is C21H35N3O3S. The van der Waals surface area contributed by atoms with Gasteiger partial charge in [0.15, 0.2) is 0 Å². The van der Waals surface area contributed by atoms with E-state index >= 15 is 0 Å². The molecule has 1 N–H and O–H groups in total. The molecule has 3 rings (SSSR count). The summed E-state index contributed by atoms with van der Waals surface area (Å²) >= 11 is 0. The smallest absolute Gasteiger partial charge is 0.279 e. The molecule has 7 heteroatoms. The van der Waals surface area contributed by atoms with Crippen LogP contribution in [-0.2, 0) is 21.5 Å². The maximum absolute atomic E-state index is 12.6. The van der Waals surface area contributed by atoms with Gasteiger partial charge in [-0.25, -0.2) is 4.72 Å². The molecule has 0 radical (unpaired) electrons. The number of methoxy groups -OCH3 is 1. The third-order valence-electron chi connectivity index (χ3n) is 6.06. The Morgan fingerprint density at radius 3 is 2.54 bits per heavy atom. The number of rotatable bonds is 9. The zero-order valence-corrected chi connectivity index (χ0v) is 17.9. The van der Waals surface area contributed by atoms with Crippen molar-refractivity contribution in [2.75, 3.05) is 39.9 Å². The van der Waals surface area contributed by atoms with Crippen molar-refractivity contribution in [3.63, 3.8) is 0 Å². The third kappa shape index (κ3) is 6.26. The minimum Gasteiger partial charge on any atom is -0.384 e. The second kappa shape index (κ2) is 10.7. The predicted molar refractivity (Wildman–Crippen MR) is 112 cm³/mol. The molecule has 158 valence electrons. The molecule has 28 heavy (non-hydrogen) atoms. The molecule has 0 spiro atoms. The highest BCUT2D eigenvalue weighted by molar-refractivity contribution is 7.87. The van der Waals surface area contributed by atoms with Gasteiger partial charge in [-0.05, 0) is 50.1 Å². The Morgan fingerprint density at radius 2 is 1.82 bits per heavy atom. The molecule has 2 heterocycles. The average molecular weight is 410 g/mol. The van der Waals surface area contributed by atoms with E-state index in [1.54, 1.807) is 11.4 Å². The topological polar surface area (TPSA) is 61.9 Å². The van der Waals surface area contributed by atoms with Crippen molar-refractivity contribution >= 4 is 10.2 Å². The highest BCUT2D eigenvalue weighted by atomic mass is 32.2. The summed E-state index contributed by atoms with van der Waals surface area (Å²) in [4.78, 5) is 2.52. The molecule has 1 atom stereocenters. The molecule has 0 amide bonds. The lowest BCUT2D eigenvalue weighted by Gasteiger charge is -2.36. The van der Waals surface area contributed by atoms with Crippen LogP contribution in [0.1, 0.15) is 44.1 Å². The molecule has 2 fully saturated rings. The minimum atomic E-state index is -3.37. The van der Waals surface area contributed by atoms with Gasteiger partial charge in [0.25, 0.3) is 10.2 Å². The van der Waals surface area contributed by atoms with Crippen molar-refractivity contribution < 1.29 is 13.2 Å². The van der Waals surface area contributed by atoms with E-state index in [0.29, 0.717) is 31.6 Å². The molecule has 1 aromatic carbocycles. The van der Waals surface area contributed by atoms with E-state index in [4.69, 9.17) is 4.74 Å². The van der Waals surface area contributed by atoms with Gasteiger partial charge in [-0.1, -0.05) is 36.8 Å². The zero-order chi connectivity index (χ0) is 19.8. The SMILES string of the molecule is COCC1CCN(S(=O)(=O)NCCC2CCCCN2Cc2ccccc2)CC1. The molecule has 0 bridgehead atoms. The fourth-order valence-electron chi connectivity index (χ4n) is 4.41. The van der Waals surface area contributed by atoms with E-state index in [0.717, 1.165) is 45.4 Å². The van der Waals surface area contributed by atoms with E-state index in [9.17, 15) is 8.42 Å². The monoisotopic (exact) mass is 409 g/mol. The first-order valence-corrected chi connectivity index (χ1v) is 12.0. The largest absolute Gasteiger partial charge is 0.384 e. The van der Waals surface area contributed by atoms with Crippen molar-refractivity contribution in [3.05, 3.63) is 35.9 Å². The number of piperidine rings is 2. The molecule has 2 saturated heterocycles. The van der Waals surface area contributed by atoms with E-state index < -0.39 is 10.2 Å². The van der Waals surface area contributed by atoms with Gasteiger partial charge in [0.2, 0.25) is 0 Å². The zero-order valence-electron chi connectivity index (χ0n) is 17.1. The lowest BCUT2D eigenvalue weighted by Crippen LogP contribution is -2.47. The molecule has 1 aromatic rings. The summed E-state index contributed by atoms with van der Waals surface area (Å²) in [5, 5.41) is 0. The van der Waals surface area contributed by atoms with Crippen LogP contribution in [-0.4, -0.2) is 63.6 Å². The Hall–Kier alpha value is -0.990. The Labute approximate surface area is 170 Å². The summed E-state index contributed by atoms with van der Waals surface area (Å²) in [6, 6.07) is 11.0. The second-order valence-corrected chi connectivity index (χ2v) is 9.85. The summed E-state index contributed by atoms with van der Waals surface area (Å²) in [6.07, 6.45) is 6.23. The summed E-state index contributed by atoms with van der Waals surface area (Å²) in [5.41, 5.74) is 1.33. The van der Waals surface area contributed by atoms with Gasteiger partial charge in [0.1, 0.15) is 0 Å². The number of ether oxygens (including phenoxy) is 1. The van der Waals surface area contributed by atoms with Gasteiger partial charge >= 0.3 is 0 Å². The number of benzene rings is 1. The van der Waals surface area contributed by atoms with E-state index in [2.05, 4.69) is 33.9 Å². The summed E-state index contributed by atoms with van der Waals surface area (Å²) in [7, 11) is -1.67. The Kier molecular flexibility index (Phi) is 8.29. The molecule has 2 aliphatic rings. The van der Waals surface area contributed by atoms with Crippen molar-refractivity contribution in [2.45, 2.75) is 51.1 Å². The summed E-state index contributed by atoms with van der Waals surface area (Å²) in [5.74, 6) is 0.477. The fourth-order valence-corrected chi connectivity index (χ4v) is 5.66. The Balaban J connectivity index is 1.46. The first-order chi connectivity index (χ1) is 13.6. The van der Waals surface area contributed by atoms with Gasteiger partial charge in [0, 0.05) is 45.9 Å². The van der Waals surface area contributed by atoms with Gasteiger partial charge in [0.05, 0.1) is 0 Å². The van der Waals surface area contributed by atoms with Crippen LogP contribution in [0.15, 0.2) is 30.3 Å². The van der Waals surface area contributed by atoms with Gasteiger partial charge in [-0.2, -0.15) is 12.7 Å². The number of nitrogens with zero attached hydrogens (tertiary/aromatic N) is 2. The maximum atomic E-state index is 12.6. The first-order valence-electron chi connectivity index (χ1n) is 10.6. The van der Waals surface area contributed by atoms with Crippen molar-refractivity contribution in [3.8, 4) is 0 Å². The normalized spacial score (nSPS) is 23.1. The van der Waals surface area contributed by atoms with E-state index in [1.807, 2.05) is 6.07 Å². The van der Waals surface area contributed by atoms with Crippen LogP contribution in [0.25, 0.3) is 0 Å². The van der Waals surface area contributed by atoms with Crippen LogP contribution >= 0.6 is 0 Å². The number of likely N-dealkylation sites (tertiary alicyclic amines) is 1. The molecule has 0 aromatic heterocycles. The molecule has 6 nitrogen and oxygen atoms in total. The first kappa shape index (κ1) is 21.7. The van der Waals surface area contributed by atoms with Crippen LogP contribution in [0.2, 0.25) is 0 Å². The van der Waals surface area contributed by atoms with Crippen LogP contribution < -0.4 is 4.72 Å². The quantitative estimate of drug-likeness (QED) is 0.681. The van der Waals surface area contributed by atoms with Crippen LogP contribution in [0, 0.1) is 5.92 Å². The fraction of sp³-hybridized carbons (Fsp3) is 0.714. The summed E-state index contributed by atoms with van der Waals surface area (Å²) in [6.45, 7) is 4.46. The predicted octanol–water partition coefficient (Wildman–Crippen LogP) is 2.62. The summed E-state index contributed by atoms with van der Waals surface area (Å²) < 4.78 is 34.9. The van der Waals surface area contributed by atoms with Gasteiger partial charge in [-0.3, -0.25) is 4.90 Å². The molecule has 2 aliphatic heterocycles. The van der Waals surface area contributed by atoms with Crippen LogP contribution in [0.3, 0.4) is 0 Å².